The molecule has 10 heavy (non-hydrogen) atoms. The molecule has 0 aromatic carbocycles. The molecule has 0 aliphatic carbocycles. The van der Waals surface area contributed by atoms with Crippen molar-refractivity contribution in [3.05, 3.63) is 0 Å². The fourth-order valence-electron chi connectivity index (χ4n) is 0.0976. The Kier molecular flexibility index (Phi) is 15.8. The molecule has 0 saturated heterocycles. The van der Waals surface area contributed by atoms with Crippen molar-refractivity contribution in [2.24, 2.45) is 0 Å². The molecule has 0 aliphatic rings. The minimum absolute atomic E-state index is 0.596. The highest BCUT2D eigenvalue weighted by atomic mass is 35.9. The van der Waals surface area contributed by atoms with Gasteiger partial charge in [0.25, 0.3) is 0 Å². The van der Waals surface area contributed by atoms with Gasteiger partial charge in [0.15, 0.2) is 0 Å². The highest BCUT2D eigenvalue weighted by molar-refractivity contribution is 8.00. The lowest BCUT2D eigenvalue weighted by Gasteiger charge is -1.93. The third-order valence-corrected chi connectivity index (χ3v) is 1.27. The Hall–Kier alpha value is 1.94. The van der Waals surface area contributed by atoms with Gasteiger partial charge in [-0.2, -0.15) is 0 Å². The Balaban J connectivity index is 0. The molecule has 0 amide bonds. The van der Waals surface area contributed by atoms with E-state index in [1.165, 1.54) is 0 Å². The summed E-state index contributed by atoms with van der Waals surface area (Å²) in [6.45, 7) is -0.389. The molecular formula is C2H6Cl4O2P2. The van der Waals surface area contributed by atoms with Crippen LogP contribution < -0.4 is 0 Å². The van der Waals surface area contributed by atoms with Gasteiger partial charge < -0.3 is 9.42 Å². The van der Waals surface area contributed by atoms with Crippen LogP contribution in [-0.2, 0) is 4.52 Å². The van der Waals surface area contributed by atoms with E-state index in [0.29, 0.717) is 6.61 Å². The molecule has 0 spiro atoms. The molecule has 0 rings (SSSR count). The number of hydrogen-bond acceptors (Lipinski definition) is 2. The van der Waals surface area contributed by atoms with E-state index in [9.17, 15) is 0 Å². The van der Waals surface area contributed by atoms with Crippen LogP contribution in [-0.4, -0.2) is 11.5 Å². The third-order valence-electron chi connectivity index (χ3n) is 0.227. The zero-order chi connectivity index (χ0) is 8.57. The van der Waals surface area contributed by atoms with Crippen molar-refractivity contribution in [1.82, 2.24) is 0 Å². The summed E-state index contributed by atoms with van der Waals surface area (Å²) in [6.07, 6.45) is 0. The molecule has 0 saturated carbocycles. The smallest absolute Gasteiger partial charge is 0.225 e. The molecule has 0 radical (unpaired) electrons. The van der Waals surface area contributed by atoms with E-state index in [-0.39, 0.29) is 0 Å². The second-order valence-corrected chi connectivity index (χ2v) is 6.73. The van der Waals surface area contributed by atoms with Crippen LogP contribution in [0.15, 0.2) is 0 Å². The predicted molar refractivity (Wildman–Crippen MR) is 51.1 cm³/mol. The third kappa shape index (κ3) is 32.6. The van der Waals surface area contributed by atoms with Crippen molar-refractivity contribution >= 4 is 58.7 Å². The van der Waals surface area contributed by atoms with Crippen LogP contribution in [0.3, 0.4) is 0 Å². The Labute approximate surface area is 81.6 Å². The van der Waals surface area contributed by atoms with E-state index >= 15 is 0 Å². The number of rotatable bonds is 2. The lowest BCUT2D eigenvalue weighted by atomic mass is 10.9. The van der Waals surface area contributed by atoms with Crippen LogP contribution in [0.5, 0.6) is 0 Å². The SMILES string of the molecule is CCOP(Cl)Cl.OP(Cl)Cl. The van der Waals surface area contributed by atoms with Gasteiger partial charge >= 0.3 is 0 Å². The van der Waals surface area contributed by atoms with Crippen LogP contribution in [0.4, 0.5) is 0 Å². The lowest BCUT2D eigenvalue weighted by Crippen LogP contribution is -1.70. The van der Waals surface area contributed by atoms with Gasteiger partial charge in [0, 0.05) is 0 Å². The summed E-state index contributed by atoms with van der Waals surface area (Å²) in [4.78, 5) is 7.65. The first-order chi connectivity index (χ1) is 4.50. The number of hydrogen-bond donors (Lipinski definition) is 1. The summed E-state index contributed by atoms with van der Waals surface area (Å²) in [6, 6.07) is 0. The first-order valence-electron chi connectivity index (χ1n) is 2.05. The van der Waals surface area contributed by atoms with Gasteiger partial charge in [-0.05, 0) is 51.9 Å². The van der Waals surface area contributed by atoms with Crippen molar-refractivity contribution < 1.29 is 9.42 Å². The Morgan fingerprint density at radius 3 is 1.60 bits per heavy atom. The maximum Gasteiger partial charge on any atom is 0.225 e. The first-order valence-corrected chi connectivity index (χ1v) is 8.23. The molecule has 0 aliphatic heterocycles. The monoisotopic (exact) mass is 264 g/mol. The quantitative estimate of drug-likeness (QED) is 0.750. The van der Waals surface area contributed by atoms with Gasteiger partial charge in [-0.3, -0.25) is 0 Å². The van der Waals surface area contributed by atoms with E-state index in [4.69, 9.17) is 27.4 Å². The molecule has 0 heterocycles. The Bertz CT molecular complexity index is 60.5. The summed E-state index contributed by atoms with van der Waals surface area (Å²) >= 11 is 19.7. The van der Waals surface area contributed by atoms with Gasteiger partial charge in [0.05, 0.1) is 6.61 Å². The fraction of sp³-hybridized carbons (Fsp3) is 1.00. The predicted octanol–water partition coefficient (Wildman–Crippen LogP) is 4.41. The van der Waals surface area contributed by atoms with Crippen molar-refractivity contribution in [1.29, 1.82) is 0 Å². The van der Waals surface area contributed by atoms with Gasteiger partial charge in [-0.15, -0.1) is 0 Å². The summed E-state index contributed by atoms with van der Waals surface area (Å²) < 4.78 is 4.64. The van der Waals surface area contributed by atoms with Crippen LogP contribution >= 0.6 is 58.7 Å². The van der Waals surface area contributed by atoms with Crippen molar-refractivity contribution in [3.8, 4) is 0 Å². The molecule has 0 unspecified atom stereocenters. The maximum atomic E-state index is 7.65. The van der Waals surface area contributed by atoms with Crippen molar-refractivity contribution in [2.45, 2.75) is 6.92 Å². The van der Waals surface area contributed by atoms with Crippen LogP contribution in [0.2, 0.25) is 0 Å². The van der Waals surface area contributed by atoms with Crippen molar-refractivity contribution in [2.75, 3.05) is 6.61 Å². The maximum absolute atomic E-state index is 7.65. The molecular weight excluding hydrogens is 260 g/mol. The molecule has 2 nitrogen and oxygen atoms in total. The molecule has 0 aromatic rings. The van der Waals surface area contributed by atoms with Gasteiger partial charge in [-0.25, -0.2) is 0 Å². The summed E-state index contributed by atoms with van der Waals surface area (Å²) in [5, 5.41) is 0. The zero-order valence-electron chi connectivity index (χ0n) is 4.97. The zero-order valence-corrected chi connectivity index (χ0v) is 9.78. The van der Waals surface area contributed by atoms with E-state index in [0.717, 1.165) is 0 Å². The van der Waals surface area contributed by atoms with Gasteiger partial charge in [0.2, 0.25) is 13.7 Å². The van der Waals surface area contributed by atoms with E-state index < -0.39 is 13.7 Å². The van der Waals surface area contributed by atoms with E-state index in [2.05, 4.69) is 27.0 Å². The molecule has 0 aromatic heterocycles. The molecule has 8 heteroatoms. The standard InChI is InChI=1S/C2H5Cl2OP.Cl2HOP/c1-2-5-6(3)4;1-4(2)3/h2H2,1H3;3H. The van der Waals surface area contributed by atoms with Crippen LogP contribution in [0.25, 0.3) is 0 Å². The molecule has 64 valence electrons. The highest BCUT2D eigenvalue weighted by Crippen LogP contribution is 2.47. The van der Waals surface area contributed by atoms with Gasteiger partial charge in [0.1, 0.15) is 0 Å². The van der Waals surface area contributed by atoms with Crippen LogP contribution in [0.1, 0.15) is 6.92 Å². The first kappa shape index (κ1) is 14.5. The molecule has 1 N–H and O–H groups in total. The second kappa shape index (κ2) is 10.9. The summed E-state index contributed by atoms with van der Waals surface area (Å²) in [5.41, 5.74) is 0. The summed E-state index contributed by atoms with van der Waals surface area (Å²) in [7, 11) is 0. The molecule has 0 atom stereocenters. The normalized spacial score (nSPS) is 9.60. The average Bonchev–Trinajstić information content (AvgIpc) is 1.62. The highest BCUT2D eigenvalue weighted by Gasteiger charge is 1.91. The lowest BCUT2D eigenvalue weighted by molar-refractivity contribution is 0.393. The largest absolute Gasteiger partial charge is 0.347 e. The Morgan fingerprint density at radius 1 is 1.30 bits per heavy atom. The average molecular weight is 266 g/mol. The topological polar surface area (TPSA) is 29.5 Å². The van der Waals surface area contributed by atoms with Crippen molar-refractivity contribution in [3.63, 3.8) is 0 Å². The fourth-order valence-corrected chi connectivity index (χ4v) is 0.878. The minimum atomic E-state index is -1.68. The second-order valence-electron chi connectivity index (χ2n) is 0.835. The molecule has 0 bridgehead atoms. The van der Waals surface area contributed by atoms with E-state index in [1.807, 2.05) is 6.92 Å². The van der Waals surface area contributed by atoms with Gasteiger partial charge in [-0.1, -0.05) is 0 Å². The molecule has 0 fully saturated rings. The Morgan fingerprint density at radius 2 is 1.60 bits per heavy atom. The van der Waals surface area contributed by atoms with Crippen LogP contribution in [0, 0.1) is 0 Å². The number of halogens is 4. The van der Waals surface area contributed by atoms with E-state index in [1.54, 1.807) is 0 Å². The minimum Gasteiger partial charge on any atom is -0.347 e. The summed E-state index contributed by atoms with van der Waals surface area (Å²) in [5.74, 6) is 0.